The Kier molecular flexibility index (Phi) is 6.89. The van der Waals surface area contributed by atoms with Gasteiger partial charge in [0.15, 0.2) is 0 Å². The molecule has 2 unspecified atom stereocenters. The third-order valence-electron chi connectivity index (χ3n) is 3.45. The van der Waals surface area contributed by atoms with E-state index in [1.807, 2.05) is 14.1 Å². The minimum Gasteiger partial charge on any atom is -0.329 e. The van der Waals surface area contributed by atoms with Crippen molar-refractivity contribution in [2.24, 2.45) is 5.73 Å². The first-order valence-electron chi connectivity index (χ1n) is 6.95. The van der Waals surface area contributed by atoms with Gasteiger partial charge in [-0.2, -0.15) is 0 Å². The van der Waals surface area contributed by atoms with E-state index >= 15 is 0 Å². The molecule has 0 radical (unpaired) electrons. The van der Waals surface area contributed by atoms with E-state index in [-0.39, 0.29) is 11.9 Å². The Morgan fingerprint density at radius 2 is 1.95 bits per heavy atom. The lowest BCUT2D eigenvalue weighted by atomic mass is 10.0. The van der Waals surface area contributed by atoms with Gasteiger partial charge in [-0.1, -0.05) is 18.5 Å². The molecule has 0 saturated heterocycles. The van der Waals surface area contributed by atoms with Gasteiger partial charge in [0, 0.05) is 30.2 Å². The minimum atomic E-state index is -0.317. The molecule has 0 aromatic heterocycles. The topological polar surface area (TPSA) is 32.5 Å². The molecule has 0 aliphatic carbocycles. The van der Waals surface area contributed by atoms with Crippen LogP contribution in [0.4, 0.5) is 4.39 Å². The van der Waals surface area contributed by atoms with Crippen LogP contribution in [0.25, 0.3) is 0 Å². The lowest BCUT2D eigenvalue weighted by Crippen LogP contribution is -2.44. The molecule has 0 heterocycles. The molecule has 1 aromatic carbocycles. The quantitative estimate of drug-likeness (QED) is 0.840. The van der Waals surface area contributed by atoms with E-state index in [4.69, 9.17) is 17.3 Å². The zero-order chi connectivity index (χ0) is 15.3. The number of nitrogens with zero attached hydrogens (tertiary/aromatic N) is 2. The highest BCUT2D eigenvalue weighted by molar-refractivity contribution is 6.30. The maximum atomic E-state index is 13.6. The first-order valence-corrected chi connectivity index (χ1v) is 7.33. The molecular weight excluding hydrogens is 277 g/mol. The van der Waals surface area contributed by atoms with E-state index in [9.17, 15) is 4.39 Å². The second kappa shape index (κ2) is 7.93. The fraction of sp³-hybridized carbons (Fsp3) is 0.600. The normalized spacial score (nSPS) is 14.8. The summed E-state index contributed by atoms with van der Waals surface area (Å²) < 4.78 is 13.6. The van der Waals surface area contributed by atoms with E-state index in [0.717, 1.165) is 18.7 Å². The third-order valence-corrected chi connectivity index (χ3v) is 3.67. The van der Waals surface area contributed by atoms with Crippen molar-refractivity contribution >= 4 is 11.6 Å². The van der Waals surface area contributed by atoms with Crippen LogP contribution in [-0.4, -0.2) is 49.6 Å². The van der Waals surface area contributed by atoms with E-state index < -0.39 is 0 Å². The summed E-state index contributed by atoms with van der Waals surface area (Å²) in [6.07, 6.45) is 0. The lowest BCUT2D eigenvalue weighted by molar-refractivity contribution is 0.131. The number of hydrogen-bond donors (Lipinski definition) is 1. The van der Waals surface area contributed by atoms with Crippen molar-refractivity contribution in [3.8, 4) is 0 Å². The van der Waals surface area contributed by atoms with Crippen molar-refractivity contribution in [2.75, 3.05) is 33.7 Å². The van der Waals surface area contributed by atoms with Gasteiger partial charge < -0.3 is 10.6 Å². The average molecular weight is 302 g/mol. The molecule has 20 heavy (non-hydrogen) atoms. The molecule has 1 rings (SSSR count). The number of benzene rings is 1. The van der Waals surface area contributed by atoms with E-state index in [1.165, 1.54) is 12.1 Å². The molecule has 0 saturated carbocycles. The average Bonchev–Trinajstić information content (AvgIpc) is 2.33. The van der Waals surface area contributed by atoms with Gasteiger partial charge in [0.1, 0.15) is 5.82 Å². The maximum Gasteiger partial charge on any atom is 0.125 e. The largest absolute Gasteiger partial charge is 0.329 e. The van der Waals surface area contributed by atoms with Gasteiger partial charge >= 0.3 is 0 Å². The van der Waals surface area contributed by atoms with Crippen molar-refractivity contribution in [3.05, 3.63) is 34.6 Å². The number of halogens is 2. The van der Waals surface area contributed by atoms with E-state index in [2.05, 4.69) is 23.6 Å². The Bertz CT molecular complexity index is 405. The van der Waals surface area contributed by atoms with Crippen LogP contribution in [0.3, 0.4) is 0 Å². The number of likely N-dealkylation sites (N-methyl/N-ethyl adjacent to an activating group) is 2. The number of nitrogens with two attached hydrogens (primary N) is 1. The molecule has 1 aromatic rings. The second-order valence-corrected chi connectivity index (χ2v) is 5.83. The van der Waals surface area contributed by atoms with Crippen molar-refractivity contribution < 1.29 is 4.39 Å². The standard InChI is InChI=1S/C15H25ClFN3/c1-5-20(11(2)10-19(3)4)15(9-18)12-6-13(16)8-14(17)7-12/h6-8,11,15H,5,9-10,18H2,1-4H3. The molecule has 0 aliphatic heterocycles. The van der Waals surface area contributed by atoms with Crippen LogP contribution in [0.5, 0.6) is 0 Å². The van der Waals surface area contributed by atoms with Crippen LogP contribution in [0, 0.1) is 5.82 Å². The second-order valence-electron chi connectivity index (χ2n) is 5.40. The Labute approximate surface area is 126 Å². The Morgan fingerprint density at radius 1 is 1.30 bits per heavy atom. The molecule has 0 amide bonds. The third kappa shape index (κ3) is 4.70. The zero-order valence-corrected chi connectivity index (χ0v) is 13.5. The fourth-order valence-electron chi connectivity index (χ4n) is 2.70. The molecule has 3 nitrogen and oxygen atoms in total. The summed E-state index contributed by atoms with van der Waals surface area (Å²) in [4.78, 5) is 4.42. The van der Waals surface area contributed by atoms with Gasteiger partial charge in [-0.25, -0.2) is 4.39 Å². The predicted molar refractivity (Wildman–Crippen MR) is 83.6 cm³/mol. The Balaban J connectivity index is 3.01. The fourth-order valence-corrected chi connectivity index (χ4v) is 2.93. The smallest absolute Gasteiger partial charge is 0.125 e. The van der Waals surface area contributed by atoms with Crippen LogP contribution in [0.1, 0.15) is 25.5 Å². The van der Waals surface area contributed by atoms with Crippen molar-refractivity contribution in [3.63, 3.8) is 0 Å². The summed E-state index contributed by atoms with van der Waals surface area (Å²) in [6, 6.07) is 4.94. The molecule has 0 fully saturated rings. The van der Waals surface area contributed by atoms with Crippen molar-refractivity contribution in [2.45, 2.75) is 25.9 Å². The summed E-state index contributed by atoms with van der Waals surface area (Å²) in [5.74, 6) is -0.317. The molecule has 5 heteroatoms. The zero-order valence-electron chi connectivity index (χ0n) is 12.7. The van der Waals surface area contributed by atoms with Crippen LogP contribution >= 0.6 is 11.6 Å². The van der Waals surface area contributed by atoms with Crippen molar-refractivity contribution in [1.29, 1.82) is 0 Å². The first-order chi connectivity index (χ1) is 9.38. The molecule has 0 spiro atoms. The van der Waals surface area contributed by atoms with Gasteiger partial charge in [-0.15, -0.1) is 0 Å². The van der Waals surface area contributed by atoms with E-state index in [0.29, 0.717) is 17.6 Å². The van der Waals surface area contributed by atoms with Gasteiger partial charge in [-0.05, 0) is 51.3 Å². The molecule has 2 N–H and O–H groups in total. The van der Waals surface area contributed by atoms with Gasteiger partial charge in [0.2, 0.25) is 0 Å². The van der Waals surface area contributed by atoms with Crippen molar-refractivity contribution in [1.82, 2.24) is 9.80 Å². The van der Waals surface area contributed by atoms with Crippen LogP contribution in [-0.2, 0) is 0 Å². The van der Waals surface area contributed by atoms with Crippen LogP contribution in [0.15, 0.2) is 18.2 Å². The Morgan fingerprint density at radius 3 is 2.40 bits per heavy atom. The van der Waals surface area contributed by atoms with E-state index in [1.54, 1.807) is 6.07 Å². The number of rotatable bonds is 7. The monoisotopic (exact) mass is 301 g/mol. The summed E-state index contributed by atoms with van der Waals surface area (Å²) in [5.41, 5.74) is 6.77. The van der Waals surface area contributed by atoms with Gasteiger partial charge in [-0.3, -0.25) is 4.90 Å². The highest BCUT2D eigenvalue weighted by atomic mass is 35.5. The SMILES string of the molecule is CCN(C(C)CN(C)C)C(CN)c1cc(F)cc(Cl)c1. The van der Waals surface area contributed by atoms with Gasteiger partial charge in [0.25, 0.3) is 0 Å². The summed E-state index contributed by atoms with van der Waals surface area (Å²) in [6.45, 7) is 6.46. The molecule has 2 atom stereocenters. The maximum absolute atomic E-state index is 13.6. The molecular formula is C15H25ClFN3. The summed E-state index contributed by atoms with van der Waals surface area (Å²) in [5, 5.41) is 0.412. The minimum absolute atomic E-state index is 0.0249. The molecule has 0 bridgehead atoms. The lowest BCUT2D eigenvalue weighted by Gasteiger charge is -2.36. The Hall–Kier alpha value is -0.680. The van der Waals surface area contributed by atoms with Gasteiger partial charge in [0.05, 0.1) is 0 Å². The first kappa shape index (κ1) is 17.4. The highest BCUT2D eigenvalue weighted by Crippen LogP contribution is 2.25. The van der Waals surface area contributed by atoms with Crippen LogP contribution < -0.4 is 5.73 Å². The number of hydrogen-bond acceptors (Lipinski definition) is 3. The molecule has 0 aliphatic rings. The molecule has 114 valence electrons. The summed E-state index contributed by atoms with van der Waals surface area (Å²) >= 11 is 5.96. The van der Waals surface area contributed by atoms with Crippen LogP contribution in [0.2, 0.25) is 5.02 Å². The predicted octanol–water partition coefficient (Wildman–Crippen LogP) is 2.75. The summed E-state index contributed by atoms with van der Waals surface area (Å²) in [7, 11) is 4.09. The highest BCUT2D eigenvalue weighted by Gasteiger charge is 2.23.